The van der Waals surface area contributed by atoms with Gasteiger partial charge in [-0.2, -0.15) is 0 Å². The van der Waals surface area contributed by atoms with Gasteiger partial charge in [-0.25, -0.2) is 17.5 Å². The molecule has 1 aliphatic carbocycles. The summed E-state index contributed by atoms with van der Waals surface area (Å²) in [4.78, 5) is 22.8. The molecule has 1 aliphatic heterocycles. The predicted molar refractivity (Wildman–Crippen MR) is 118 cm³/mol. The summed E-state index contributed by atoms with van der Waals surface area (Å²) >= 11 is 0. The maximum Gasteiger partial charge on any atom is 0.243 e. The number of imide groups is 1. The highest BCUT2D eigenvalue weighted by Gasteiger charge is 2.26. The van der Waals surface area contributed by atoms with Crippen molar-refractivity contribution in [2.24, 2.45) is 5.92 Å². The molecule has 2 atom stereocenters. The first-order valence-corrected chi connectivity index (χ1v) is 12.9. The molecule has 0 spiro atoms. The van der Waals surface area contributed by atoms with Gasteiger partial charge >= 0.3 is 0 Å². The van der Waals surface area contributed by atoms with E-state index in [2.05, 4.69) is 15.4 Å². The van der Waals surface area contributed by atoms with Crippen LogP contribution < -0.4 is 20.1 Å². The number of amides is 2. The molecule has 1 saturated carbocycles. The fourth-order valence-corrected chi connectivity index (χ4v) is 4.92. The number of ether oxygens (including phenoxy) is 1. The number of benzene rings is 1. The third-order valence-corrected chi connectivity index (χ3v) is 7.24. The monoisotopic (exact) mass is 469 g/mol. The molecule has 2 amide bonds. The molecule has 0 bridgehead atoms. The highest BCUT2D eigenvalue weighted by Crippen LogP contribution is 2.31. The van der Waals surface area contributed by atoms with Crippen LogP contribution in [-0.4, -0.2) is 45.2 Å². The van der Waals surface area contributed by atoms with E-state index in [4.69, 9.17) is 4.74 Å². The fraction of sp³-hybridized carbons (Fsp3) is 0.636. The molecule has 1 aromatic carbocycles. The fourth-order valence-electron chi connectivity index (χ4n) is 3.55. The number of piperidine rings is 1. The van der Waals surface area contributed by atoms with Gasteiger partial charge in [-0.3, -0.25) is 14.9 Å². The van der Waals surface area contributed by atoms with Crippen molar-refractivity contribution < 1.29 is 27.1 Å². The van der Waals surface area contributed by atoms with Crippen molar-refractivity contribution >= 4 is 21.8 Å². The minimum atomic E-state index is -3.50. The lowest BCUT2D eigenvalue weighted by Gasteiger charge is -2.21. The number of hydrogen-bond acceptors (Lipinski definition) is 6. The molecule has 178 valence electrons. The minimum Gasteiger partial charge on any atom is -0.490 e. The second-order valence-corrected chi connectivity index (χ2v) is 10.5. The van der Waals surface area contributed by atoms with Gasteiger partial charge in [-0.15, -0.1) is 0 Å². The lowest BCUT2D eigenvalue weighted by atomic mass is 10.1. The predicted octanol–water partition coefficient (Wildman–Crippen LogP) is 2.16. The summed E-state index contributed by atoms with van der Waals surface area (Å²) < 4.78 is 47.0. The number of hydrogen-bond donors (Lipinski definition) is 3. The molecule has 1 aromatic rings. The van der Waals surface area contributed by atoms with E-state index in [0.29, 0.717) is 50.3 Å². The second kappa shape index (κ2) is 11.2. The van der Waals surface area contributed by atoms with E-state index in [9.17, 15) is 22.4 Å². The van der Waals surface area contributed by atoms with Crippen molar-refractivity contribution in [3.8, 4) is 5.75 Å². The van der Waals surface area contributed by atoms with E-state index in [-0.39, 0.29) is 29.4 Å². The molecule has 1 unspecified atom stereocenters. The first-order chi connectivity index (χ1) is 15.2. The van der Waals surface area contributed by atoms with Crippen molar-refractivity contribution in [1.29, 1.82) is 0 Å². The Kier molecular flexibility index (Phi) is 8.61. The van der Waals surface area contributed by atoms with E-state index in [1.165, 1.54) is 6.07 Å². The summed E-state index contributed by atoms with van der Waals surface area (Å²) in [5.41, 5.74) is 0.647. The van der Waals surface area contributed by atoms with Crippen LogP contribution in [0.15, 0.2) is 18.2 Å². The molecular weight excluding hydrogens is 437 g/mol. The number of carbonyl (C=O) groups excluding carboxylic acids is 2. The van der Waals surface area contributed by atoms with Crippen LogP contribution in [-0.2, 0) is 19.6 Å². The van der Waals surface area contributed by atoms with Crippen molar-refractivity contribution in [3.63, 3.8) is 0 Å². The second-order valence-electron chi connectivity index (χ2n) is 8.62. The maximum absolute atomic E-state index is 14.0. The van der Waals surface area contributed by atoms with Gasteiger partial charge in [-0.1, -0.05) is 12.5 Å². The molecule has 0 aromatic heterocycles. The van der Waals surface area contributed by atoms with Crippen molar-refractivity contribution in [3.05, 3.63) is 29.6 Å². The van der Waals surface area contributed by atoms with Gasteiger partial charge < -0.3 is 10.1 Å². The van der Waals surface area contributed by atoms with Crippen LogP contribution in [0.3, 0.4) is 0 Å². The van der Waals surface area contributed by atoms with Gasteiger partial charge in [0.25, 0.3) is 0 Å². The van der Waals surface area contributed by atoms with Crippen LogP contribution >= 0.6 is 0 Å². The Morgan fingerprint density at radius 1 is 1.19 bits per heavy atom. The molecule has 2 fully saturated rings. The van der Waals surface area contributed by atoms with Crippen molar-refractivity contribution in [2.75, 3.05) is 18.9 Å². The molecule has 1 heterocycles. The van der Waals surface area contributed by atoms with E-state index in [0.717, 1.165) is 19.3 Å². The van der Waals surface area contributed by atoms with Crippen LogP contribution in [0.25, 0.3) is 0 Å². The molecule has 3 rings (SSSR count). The number of unbranched alkanes of at least 4 members (excludes halogenated alkanes) is 2. The van der Waals surface area contributed by atoms with E-state index in [1.807, 2.05) is 0 Å². The highest BCUT2D eigenvalue weighted by atomic mass is 32.2. The Hall–Kier alpha value is -2.04. The minimum absolute atomic E-state index is 0.0119. The highest BCUT2D eigenvalue weighted by molar-refractivity contribution is 7.89. The smallest absolute Gasteiger partial charge is 0.243 e. The van der Waals surface area contributed by atoms with Gasteiger partial charge in [0.15, 0.2) is 11.6 Å². The van der Waals surface area contributed by atoms with Crippen LogP contribution in [0.1, 0.15) is 63.5 Å². The van der Waals surface area contributed by atoms with Crippen LogP contribution in [0.2, 0.25) is 0 Å². The Labute approximate surface area is 188 Å². The van der Waals surface area contributed by atoms with Crippen molar-refractivity contribution in [2.45, 2.75) is 64.0 Å². The lowest BCUT2D eigenvalue weighted by Crippen LogP contribution is -2.50. The van der Waals surface area contributed by atoms with Crippen molar-refractivity contribution in [1.82, 2.24) is 15.4 Å². The summed E-state index contributed by atoms with van der Waals surface area (Å²) in [7, 11) is -3.50. The Morgan fingerprint density at radius 2 is 1.97 bits per heavy atom. The van der Waals surface area contributed by atoms with Gasteiger partial charge in [0.2, 0.25) is 21.8 Å². The molecule has 32 heavy (non-hydrogen) atoms. The van der Waals surface area contributed by atoms with E-state index < -0.39 is 21.9 Å². The normalized spacial score (nSPS) is 20.1. The summed E-state index contributed by atoms with van der Waals surface area (Å²) in [6.07, 6.45) is 4.91. The Balaban J connectivity index is 1.36. The summed E-state index contributed by atoms with van der Waals surface area (Å²) in [6.45, 7) is 2.79. The van der Waals surface area contributed by atoms with E-state index in [1.54, 1.807) is 19.1 Å². The Morgan fingerprint density at radius 3 is 2.69 bits per heavy atom. The molecule has 2 aliphatic rings. The molecular formula is C22H32FN3O5S. The quantitative estimate of drug-likeness (QED) is 0.301. The van der Waals surface area contributed by atoms with Gasteiger partial charge in [0.05, 0.1) is 18.4 Å². The molecule has 1 saturated heterocycles. The number of rotatable bonds is 13. The largest absolute Gasteiger partial charge is 0.490 e. The molecule has 3 N–H and O–H groups in total. The average molecular weight is 470 g/mol. The number of halogens is 1. The first kappa shape index (κ1) is 24.6. The third-order valence-electron chi connectivity index (χ3n) is 5.70. The van der Waals surface area contributed by atoms with Gasteiger partial charge in [0, 0.05) is 12.5 Å². The van der Waals surface area contributed by atoms with Crippen LogP contribution in [0.5, 0.6) is 5.75 Å². The zero-order valence-corrected chi connectivity index (χ0v) is 19.2. The van der Waals surface area contributed by atoms with E-state index >= 15 is 0 Å². The Bertz CT molecular complexity index is 920. The number of nitrogens with one attached hydrogen (secondary N) is 3. The molecule has 8 nitrogen and oxygen atoms in total. The summed E-state index contributed by atoms with van der Waals surface area (Å²) in [5.74, 6) is -0.360. The summed E-state index contributed by atoms with van der Waals surface area (Å²) in [6, 6.07) is 3.56. The average Bonchev–Trinajstić information content (AvgIpc) is 3.55. The van der Waals surface area contributed by atoms with Gasteiger partial charge in [-0.05, 0) is 69.2 Å². The molecule has 0 radical (unpaired) electrons. The third kappa shape index (κ3) is 7.83. The topological polar surface area (TPSA) is 114 Å². The SMILES string of the molecule is C[C@@H](NS(=O)(=O)CCCCCNC1CCC(=O)NC1=O)c1ccc(F)c(OCC2CC2)c1. The van der Waals surface area contributed by atoms with Crippen LogP contribution in [0, 0.1) is 11.7 Å². The molecule has 10 heteroatoms. The summed E-state index contributed by atoms with van der Waals surface area (Å²) in [5, 5.41) is 5.40. The van der Waals surface area contributed by atoms with Crippen LogP contribution in [0.4, 0.5) is 4.39 Å². The standard InChI is InChI=1S/C22H32FN3O5S/c1-15(17-7-8-18(23)20(13-17)31-14-16-5-6-16)26-32(29,30)12-4-2-3-11-24-19-9-10-21(27)25-22(19)28/h7-8,13,15-16,19,24,26H,2-6,9-12,14H2,1H3,(H,25,27,28)/t15-,19?/m1/s1. The zero-order valence-electron chi connectivity index (χ0n) is 18.4. The zero-order chi connectivity index (χ0) is 23.1. The lowest BCUT2D eigenvalue weighted by molar-refractivity contribution is -0.134. The number of carbonyl (C=O) groups is 2. The first-order valence-electron chi connectivity index (χ1n) is 11.2. The maximum atomic E-state index is 14.0. The number of sulfonamides is 1. The van der Waals surface area contributed by atoms with Gasteiger partial charge in [0.1, 0.15) is 0 Å².